The van der Waals surface area contributed by atoms with Gasteiger partial charge in [0.15, 0.2) is 0 Å². The fourth-order valence-electron chi connectivity index (χ4n) is 0.833. The molecule has 0 saturated heterocycles. The molecule has 0 fully saturated rings. The Hall–Kier alpha value is -1.65. The molecule has 1 aromatic rings. The molecule has 1 heterocycles. The Kier molecular flexibility index (Phi) is 2.79. The first-order valence-corrected chi connectivity index (χ1v) is 3.95. The zero-order valence-electron chi connectivity index (χ0n) is 7.50. The molecule has 70 valence electrons. The summed E-state index contributed by atoms with van der Waals surface area (Å²) in [6, 6.07) is 1.25. The molecule has 5 heteroatoms. The second-order valence-electron chi connectivity index (χ2n) is 2.96. The van der Waals surface area contributed by atoms with E-state index in [0.29, 0.717) is 0 Å². The van der Waals surface area contributed by atoms with Gasteiger partial charge in [-0.1, -0.05) is 0 Å². The molecule has 5 nitrogen and oxygen atoms in total. The molecular formula is C8H11N3O2. The Labute approximate surface area is 75.2 Å². The number of aromatic nitrogens is 2. The third-order valence-corrected chi connectivity index (χ3v) is 1.33. The van der Waals surface area contributed by atoms with Crippen molar-refractivity contribution in [3.05, 3.63) is 28.2 Å². The summed E-state index contributed by atoms with van der Waals surface area (Å²) in [7, 11) is 0. The average Bonchev–Trinajstić information content (AvgIpc) is 2.03. The summed E-state index contributed by atoms with van der Waals surface area (Å²) in [5.74, 6) is -0.319. The normalized spacial score (nSPS) is 10.1. The van der Waals surface area contributed by atoms with Crippen LogP contribution >= 0.6 is 0 Å². The lowest BCUT2D eigenvalue weighted by Gasteiger charge is -2.06. The molecule has 0 unspecified atom stereocenters. The highest BCUT2D eigenvalue weighted by Crippen LogP contribution is 1.88. The van der Waals surface area contributed by atoms with Crippen LogP contribution in [-0.4, -0.2) is 22.1 Å². The number of aromatic amines is 1. The number of hydrogen-bond acceptors (Lipinski definition) is 3. The summed E-state index contributed by atoms with van der Waals surface area (Å²) >= 11 is 0. The molecule has 13 heavy (non-hydrogen) atoms. The number of carbonyl (C=O) groups excluding carboxylic acids is 1. The van der Waals surface area contributed by atoms with Gasteiger partial charge in [0.25, 0.3) is 5.91 Å². The number of rotatable bonds is 2. The van der Waals surface area contributed by atoms with Crippen LogP contribution in [-0.2, 0) is 0 Å². The largest absolute Gasteiger partial charge is 0.349 e. The van der Waals surface area contributed by atoms with E-state index in [1.54, 1.807) is 0 Å². The maximum atomic E-state index is 11.3. The number of nitrogens with zero attached hydrogens (tertiary/aromatic N) is 1. The van der Waals surface area contributed by atoms with Gasteiger partial charge in [-0.3, -0.25) is 14.7 Å². The first-order valence-electron chi connectivity index (χ1n) is 3.95. The van der Waals surface area contributed by atoms with Gasteiger partial charge in [0.1, 0.15) is 5.69 Å². The highest BCUT2D eigenvalue weighted by Gasteiger charge is 2.07. The number of hydrogen-bond donors (Lipinski definition) is 2. The van der Waals surface area contributed by atoms with E-state index in [0.717, 1.165) is 6.20 Å². The van der Waals surface area contributed by atoms with Crippen molar-refractivity contribution in [1.82, 2.24) is 15.5 Å². The zero-order chi connectivity index (χ0) is 9.84. The van der Waals surface area contributed by atoms with Crippen LogP contribution in [0.2, 0.25) is 0 Å². The quantitative estimate of drug-likeness (QED) is 0.669. The molecule has 0 aliphatic carbocycles. The van der Waals surface area contributed by atoms with Crippen molar-refractivity contribution in [3.8, 4) is 0 Å². The maximum Gasteiger partial charge on any atom is 0.269 e. The summed E-state index contributed by atoms with van der Waals surface area (Å²) in [5, 5.41) is 8.60. The SMILES string of the molecule is CC(C)NC(=O)c1cc(=O)cn[nH]1. The van der Waals surface area contributed by atoms with E-state index < -0.39 is 0 Å². The van der Waals surface area contributed by atoms with Crippen LogP contribution in [0.1, 0.15) is 24.3 Å². The summed E-state index contributed by atoms with van der Waals surface area (Å²) < 4.78 is 0. The monoisotopic (exact) mass is 181 g/mol. The van der Waals surface area contributed by atoms with Crippen LogP contribution in [0.3, 0.4) is 0 Å². The summed E-state index contributed by atoms with van der Waals surface area (Å²) in [6.07, 6.45) is 1.12. The van der Waals surface area contributed by atoms with Gasteiger partial charge in [-0.15, -0.1) is 0 Å². The lowest BCUT2D eigenvalue weighted by Crippen LogP contribution is -2.31. The third kappa shape index (κ3) is 2.70. The number of carbonyl (C=O) groups is 1. The molecule has 0 atom stereocenters. The van der Waals surface area contributed by atoms with Crippen molar-refractivity contribution in [2.24, 2.45) is 0 Å². The van der Waals surface area contributed by atoms with Gasteiger partial charge < -0.3 is 5.32 Å². The Morgan fingerprint density at radius 3 is 2.85 bits per heavy atom. The molecule has 0 aliphatic heterocycles. The smallest absolute Gasteiger partial charge is 0.269 e. The van der Waals surface area contributed by atoms with Crippen LogP contribution in [0, 0.1) is 0 Å². The fraction of sp³-hybridized carbons (Fsp3) is 0.375. The van der Waals surface area contributed by atoms with Gasteiger partial charge in [-0.25, -0.2) is 0 Å². The van der Waals surface area contributed by atoms with Crippen LogP contribution in [0.5, 0.6) is 0 Å². The maximum absolute atomic E-state index is 11.3. The number of H-pyrrole nitrogens is 1. The fourth-order valence-corrected chi connectivity index (χ4v) is 0.833. The predicted octanol–water partition coefficient (Wildman–Crippen LogP) is -0.0919. The van der Waals surface area contributed by atoms with Gasteiger partial charge in [-0.05, 0) is 13.8 Å². The summed E-state index contributed by atoms with van der Waals surface area (Å²) in [5.41, 5.74) is -0.103. The van der Waals surface area contributed by atoms with Gasteiger partial charge in [0, 0.05) is 12.1 Å². The van der Waals surface area contributed by atoms with Crippen molar-refractivity contribution in [2.75, 3.05) is 0 Å². The van der Waals surface area contributed by atoms with Crippen molar-refractivity contribution in [3.63, 3.8) is 0 Å². The van der Waals surface area contributed by atoms with Crippen molar-refractivity contribution < 1.29 is 4.79 Å². The van der Waals surface area contributed by atoms with E-state index in [9.17, 15) is 9.59 Å². The Morgan fingerprint density at radius 2 is 2.31 bits per heavy atom. The number of amides is 1. The van der Waals surface area contributed by atoms with Crippen LogP contribution in [0.15, 0.2) is 17.1 Å². The lowest BCUT2D eigenvalue weighted by molar-refractivity contribution is 0.0937. The Balaban J connectivity index is 2.83. The first kappa shape index (κ1) is 9.44. The first-order chi connectivity index (χ1) is 6.09. The average molecular weight is 181 g/mol. The highest BCUT2D eigenvalue weighted by molar-refractivity contribution is 5.92. The number of nitrogens with one attached hydrogen (secondary N) is 2. The predicted molar refractivity (Wildman–Crippen MR) is 47.5 cm³/mol. The van der Waals surface area contributed by atoms with Crippen LogP contribution in [0.4, 0.5) is 0 Å². The third-order valence-electron chi connectivity index (χ3n) is 1.33. The molecule has 1 rings (SSSR count). The molecular weight excluding hydrogens is 170 g/mol. The molecule has 2 N–H and O–H groups in total. The Morgan fingerprint density at radius 1 is 1.62 bits per heavy atom. The van der Waals surface area contributed by atoms with Gasteiger partial charge in [-0.2, -0.15) is 5.10 Å². The minimum absolute atomic E-state index is 0.0382. The topological polar surface area (TPSA) is 74.8 Å². The second kappa shape index (κ2) is 3.84. The molecule has 0 saturated carbocycles. The minimum Gasteiger partial charge on any atom is -0.349 e. The molecule has 1 amide bonds. The van der Waals surface area contributed by atoms with E-state index >= 15 is 0 Å². The van der Waals surface area contributed by atoms with Crippen LogP contribution < -0.4 is 10.7 Å². The molecule has 0 aliphatic rings. The van der Waals surface area contributed by atoms with E-state index in [-0.39, 0.29) is 23.1 Å². The lowest BCUT2D eigenvalue weighted by atomic mass is 10.3. The van der Waals surface area contributed by atoms with Gasteiger partial charge in [0.05, 0.1) is 6.20 Å². The molecule has 0 radical (unpaired) electrons. The van der Waals surface area contributed by atoms with Crippen molar-refractivity contribution >= 4 is 5.91 Å². The second-order valence-corrected chi connectivity index (χ2v) is 2.96. The Bertz CT molecular complexity index is 356. The molecule has 0 spiro atoms. The van der Waals surface area contributed by atoms with Crippen molar-refractivity contribution in [1.29, 1.82) is 0 Å². The van der Waals surface area contributed by atoms with E-state index in [1.807, 2.05) is 13.8 Å². The molecule has 1 aromatic heterocycles. The molecule has 0 aromatic carbocycles. The van der Waals surface area contributed by atoms with Gasteiger partial charge >= 0.3 is 0 Å². The van der Waals surface area contributed by atoms with E-state index in [2.05, 4.69) is 15.5 Å². The zero-order valence-corrected chi connectivity index (χ0v) is 7.50. The van der Waals surface area contributed by atoms with E-state index in [1.165, 1.54) is 6.07 Å². The van der Waals surface area contributed by atoms with E-state index in [4.69, 9.17) is 0 Å². The van der Waals surface area contributed by atoms with Gasteiger partial charge in [0.2, 0.25) is 5.43 Å². The van der Waals surface area contributed by atoms with Crippen molar-refractivity contribution in [2.45, 2.75) is 19.9 Å². The standard InChI is InChI=1S/C8H11N3O2/c1-5(2)10-8(13)7-3-6(12)4-9-11-7/h3-5H,1-2H3,(H,10,13)(H,11,12). The molecule has 0 bridgehead atoms. The minimum atomic E-state index is -0.319. The summed E-state index contributed by atoms with van der Waals surface area (Å²) in [4.78, 5) is 22.1. The van der Waals surface area contributed by atoms with Crippen LogP contribution in [0.25, 0.3) is 0 Å². The highest BCUT2D eigenvalue weighted by atomic mass is 16.2. The summed E-state index contributed by atoms with van der Waals surface area (Å²) in [6.45, 7) is 3.68.